The third-order valence-corrected chi connectivity index (χ3v) is 4.31. The van der Waals surface area contributed by atoms with Crippen LogP contribution in [0.2, 0.25) is 0 Å². The Morgan fingerprint density at radius 2 is 1.81 bits per heavy atom. The second-order valence-electron chi connectivity index (χ2n) is 6.83. The third-order valence-electron chi connectivity index (χ3n) is 4.31. The number of hydrogen-bond donors (Lipinski definition) is 1. The van der Waals surface area contributed by atoms with E-state index in [1.807, 2.05) is 0 Å². The lowest BCUT2D eigenvalue weighted by atomic mass is 10.0. The maximum Gasteiger partial charge on any atom is 0.306 e. The van der Waals surface area contributed by atoms with Crippen LogP contribution in [-0.4, -0.2) is 23.8 Å². The van der Waals surface area contributed by atoms with E-state index in [-0.39, 0.29) is 41.3 Å². The molecule has 2 unspecified atom stereocenters. The molecule has 2 aromatic carbocycles. The van der Waals surface area contributed by atoms with Crippen LogP contribution in [0.15, 0.2) is 30.3 Å². The molecule has 2 atom stereocenters. The molecule has 0 bridgehead atoms. The molecule has 0 radical (unpaired) electrons. The normalized spacial score (nSPS) is 18.4. The van der Waals surface area contributed by atoms with Crippen LogP contribution in [0.1, 0.15) is 20.3 Å². The smallest absolute Gasteiger partial charge is 0.306 e. The maximum atomic E-state index is 14.5. The number of halogens is 3. The second-order valence-corrected chi connectivity index (χ2v) is 6.83. The van der Waals surface area contributed by atoms with E-state index in [2.05, 4.69) is 0 Å². The van der Waals surface area contributed by atoms with Gasteiger partial charge in [-0.05, 0) is 38.5 Å². The summed E-state index contributed by atoms with van der Waals surface area (Å²) in [4.78, 5) is 10.8. The standard InChI is InChI=1S/C20H19F3O4/c1-10(2)27-13-6-16(19(23)18(22)8-13)14-4-3-12(7-17(14)21)26-9-11-5-15(11)20(24)25/h3-4,6-8,10-11,15H,5,9H2,1-2H3,(H,24,25). The molecule has 1 aliphatic carbocycles. The first-order chi connectivity index (χ1) is 12.8. The number of benzene rings is 2. The Morgan fingerprint density at radius 3 is 2.41 bits per heavy atom. The topological polar surface area (TPSA) is 55.8 Å². The van der Waals surface area contributed by atoms with Gasteiger partial charge in [0.25, 0.3) is 0 Å². The first-order valence-electron chi connectivity index (χ1n) is 8.57. The largest absolute Gasteiger partial charge is 0.493 e. The first-order valence-corrected chi connectivity index (χ1v) is 8.57. The predicted molar refractivity (Wildman–Crippen MR) is 92.2 cm³/mol. The Morgan fingerprint density at radius 1 is 1.11 bits per heavy atom. The van der Waals surface area contributed by atoms with Gasteiger partial charge in [0, 0.05) is 29.2 Å². The fraction of sp³-hybridized carbons (Fsp3) is 0.350. The Labute approximate surface area is 154 Å². The molecule has 0 spiro atoms. The van der Waals surface area contributed by atoms with Gasteiger partial charge in [0.05, 0.1) is 18.6 Å². The molecule has 1 saturated carbocycles. The Hall–Kier alpha value is -2.70. The van der Waals surface area contributed by atoms with Crippen molar-refractivity contribution in [2.45, 2.75) is 26.4 Å². The number of carboxylic acid groups (broad SMARTS) is 1. The third kappa shape index (κ3) is 4.35. The van der Waals surface area contributed by atoms with Gasteiger partial charge in [-0.2, -0.15) is 0 Å². The van der Waals surface area contributed by atoms with Crippen molar-refractivity contribution in [3.8, 4) is 22.6 Å². The van der Waals surface area contributed by atoms with E-state index in [9.17, 15) is 18.0 Å². The summed E-state index contributed by atoms with van der Waals surface area (Å²) in [6.07, 6.45) is 0.281. The van der Waals surface area contributed by atoms with Crippen molar-refractivity contribution in [3.63, 3.8) is 0 Å². The van der Waals surface area contributed by atoms with Gasteiger partial charge in [-0.3, -0.25) is 4.79 Å². The molecular weight excluding hydrogens is 361 g/mol. The summed E-state index contributed by atoms with van der Waals surface area (Å²) in [6, 6.07) is 5.97. The molecule has 4 nitrogen and oxygen atoms in total. The lowest BCUT2D eigenvalue weighted by Crippen LogP contribution is -2.07. The lowest BCUT2D eigenvalue weighted by Gasteiger charge is -2.13. The zero-order chi connectivity index (χ0) is 19.7. The number of rotatable bonds is 7. The number of aliphatic carboxylic acids is 1. The summed E-state index contributed by atoms with van der Waals surface area (Å²) in [5.41, 5.74) is -0.370. The Balaban J connectivity index is 1.79. The summed E-state index contributed by atoms with van der Waals surface area (Å²) in [5.74, 6) is -4.16. The highest BCUT2D eigenvalue weighted by atomic mass is 19.2. The van der Waals surface area contributed by atoms with Crippen LogP contribution in [-0.2, 0) is 4.79 Å². The molecule has 144 valence electrons. The minimum atomic E-state index is -1.17. The van der Waals surface area contributed by atoms with Crippen LogP contribution in [0.25, 0.3) is 11.1 Å². The molecule has 1 fully saturated rings. The summed E-state index contributed by atoms with van der Waals surface area (Å²) < 4.78 is 53.3. The van der Waals surface area contributed by atoms with Crippen LogP contribution >= 0.6 is 0 Å². The highest BCUT2D eigenvalue weighted by Crippen LogP contribution is 2.39. The van der Waals surface area contributed by atoms with Crippen LogP contribution in [0, 0.1) is 29.3 Å². The maximum absolute atomic E-state index is 14.5. The summed E-state index contributed by atoms with van der Waals surface area (Å²) >= 11 is 0. The molecule has 1 aliphatic rings. The van der Waals surface area contributed by atoms with Crippen molar-refractivity contribution in [1.82, 2.24) is 0 Å². The summed E-state index contributed by atoms with van der Waals surface area (Å²) in [7, 11) is 0. The monoisotopic (exact) mass is 380 g/mol. The van der Waals surface area contributed by atoms with E-state index >= 15 is 0 Å². The van der Waals surface area contributed by atoms with Crippen LogP contribution in [0.4, 0.5) is 13.2 Å². The Bertz CT molecular complexity index is 867. The van der Waals surface area contributed by atoms with Crippen molar-refractivity contribution in [2.24, 2.45) is 11.8 Å². The van der Waals surface area contributed by atoms with E-state index in [1.165, 1.54) is 18.2 Å². The molecule has 1 N–H and O–H groups in total. The van der Waals surface area contributed by atoms with E-state index in [1.54, 1.807) is 13.8 Å². The molecule has 7 heteroatoms. The lowest BCUT2D eigenvalue weighted by molar-refractivity contribution is -0.138. The molecule has 27 heavy (non-hydrogen) atoms. The van der Waals surface area contributed by atoms with Gasteiger partial charge in [-0.15, -0.1) is 0 Å². The van der Waals surface area contributed by atoms with Gasteiger partial charge in [0.1, 0.15) is 17.3 Å². The number of hydrogen-bond acceptors (Lipinski definition) is 3. The molecule has 3 rings (SSSR count). The molecule has 0 saturated heterocycles. The fourth-order valence-electron chi connectivity index (χ4n) is 2.84. The van der Waals surface area contributed by atoms with Crippen LogP contribution < -0.4 is 9.47 Å². The van der Waals surface area contributed by atoms with Crippen molar-refractivity contribution >= 4 is 5.97 Å². The van der Waals surface area contributed by atoms with Gasteiger partial charge in [0.15, 0.2) is 11.6 Å². The van der Waals surface area contributed by atoms with Crippen LogP contribution in [0.5, 0.6) is 11.5 Å². The van der Waals surface area contributed by atoms with Crippen molar-refractivity contribution < 1.29 is 32.5 Å². The summed E-state index contributed by atoms with van der Waals surface area (Å²) in [6.45, 7) is 3.64. The van der Waals surface area contributed by atoms with Gasteiger partial charge in [-0.25, -0.2) is 13.2 Å². The zero-order valence-electron chi connectivity index (χ0n) is 14.8. The van der Waals surface area contributed by atoms with Gasteiger partial charge in [0.2, 0.25) is 0 Å². The SMILES string of the molecule is CC(C)Oc1cc(F)c(F)c(-c2ccc(OCC3CC3C(=O)O)cc2F)c1. The van der Waals surface area contributed by atoms with E-state index in [0.29, 0.717) is 6.42 Å². The van der Waals surface area contributed by atoms with Gasteiger partial charge < -0.3 is 14.6 Å². The predicted octanol–water partition coefficient (Wildman–Crippen LogP) is 4.66. The van der Waals surface area contributed by atoms with E-state index < -0.39 is 29.3 Å². The molecule has 2 aromatic rings. The minimum absolute atomic E-state index is 0.0957. The van der Waals surface area contributed by atoms with Crippen molar-refractivity contribution in [2.75, 3.05) is 6.61 Å². The average molecular weight is 380 g/mol. The average Bonchev–Trinajstić information content (AvgIpc) is 3.36. The van der Waals surface area contributed by atoms with E-state index in [4.69, 9.17) is 14.6 Å². The van der Waals surface area contributed by atoms with Crippen molar-refractivity contribution in [1.29, 1.82) is 0 Å². The van der Waals surface area contributed by atoms with Crippen molar-refractivity contribution in [3.05, 3.63) is 47.8 Å². The highest BCUT2D eigenvalue weighted by Gasteiger charge is 2.43. The molecule has 0 aliphatic heterocycles. The number of carboxylic acids is 1. The molecule has 0 aromatic heterocycles. The van der Waals surface area contributed by atoms with Crippen LogP contribution in [0.3, 0.4) is 0 Å². The van der Waals surface area contributed by atoms with E-state index in [0.717, 1.165) is 12.1 Å². The van der Waals surface area contributed by atoms with Gasteiger partial charge in [-0.1, -0.05) is 0 Å². The second kappa shape index (κ2) is 7.50. The minimum Gasteiger partial charge on any atom is -0.493 e. The molecular formula is C20H19F3O4. The molecule has 0 heterocycles. The molecule has 0 amide bonds. The fourth-order valence-corrected chi connectivity index (χ4v) is 2.84. The quantitative estimate of drug-likeness (QED) is 0.759. The van der Waals surface area contributed by atoms with Gasteiger partial charge >= 0.3 is 5.97 Å². The number of carbonyl (C=O) groups is 1. The number of ether oxygens (including phenoxy) is 2. The highest BCUT2D eigenvalue weighted by molar-refractivity contribution is 5.73. The summed E-state index contributed by atoms with van der Waals surface area (Å²) in [5, 5.41) is 8.86. The first kappa shape index (κ1) is 19.1. The zero-order valence-corrected chi connectivity index (χ0v) is 14.8. The Kier molecular flexibility index (Phi) is 5.30.